The van der Waals surface area contributed by atoms with Crippen LogP contribution in [0.5, 0.6) is 11.5 Å². The summed E-state index contributed by atoms with van der Waals surface area (Å²) in [6, 6.07) is 17.8. The molecule has 0 fully saturated rings. The van der Waals surface area contributed by atoms with E-state index < -0.39 is 0 Å². The summed E-state index contributed by atoms with van der Waals surface area (Å²) in [5, 5.41) is 11.6. The lowest BCUT2D eigenvalue weighted by Gasteiger charge is -2.23. The van der Waals surface area contributed by atoms with Gasteiger partial charge in [0.2, 0.25) is 0 Å². The third-order valence-corrected chi connectivity index (χ3v) is 5.02. The number of methoxy groups -OCH3 is 1. The number of hydrogen-bond acceptors (Lipinski definition) is 5. The van der Waals surface area contributed by atoms with E-state index in [4.69, 9.17) is 14.5 Å². The number of aryl methyl sites for hydroxylation is 1. The first-order valence-corrected chi connectivity index (χ1v) is 10.9. The molecule has 0 aliphatic carbocycles. The molecule has 8 nitrogen and oxygen atoms in total. The maximum atomic E-state index is 5.88. The topological polar surface area (TPSA) is 76.8 Å². The normalized spacial score (nSPS) is 10.9. The maximum Gasteiger partial charge on any atom is 0.194 e. The largest absolute Gasteiger partial charge is 0.497 e. The summed E-state index contributed by atoms with van der Waals surface area (Å²) in [5.41, 5.74) is 1.17. The second kappa shape index (κ2) is 14.4. The van der Waals surface area contributed by atoms with Gasteiger partial charge in [-0.05, 0) is 29.8 Å². The Morgan fingerprint density at radius 3 is 2.52 bits per heavy atom. The van der Waals surface area contributed by atoms with Crippen LogP contribution in [0.1, 0.15) is 18.3 Å². The molecule has 0 aliphatic rings. The smallest absolute Gasteiger partial charge is 0.194 e. The molecule has 0 radical (unpaired) electrons. The van der Waals surface area contributed by atoms with Crippen LogP contribution in [0.2, 0.25) is 0 Å². The van der Waals surface area contributed by atoms with Crippen LogP contribution in [0.15, 0.2) is 65.9 Å². The highest BCUT2D eigenvalue weighted by Gasteiger charge is 2.08. The quantitative estimate of drug-likeness (QED) is 0.218. The minimum Gasteiger partial charge on any atom is -0.497 e. The number of guanidine groups is 1. The van der Waals surface area contributed by atoms with Gasteiger partial charge >= 0.3 is 0 Å². The number of likely N-dealkylation sites (N-methyl/N-ethyl adjacent to an activating group) is 1. The fourth-order valence-corrected chi connectivity index (χ4v) is 3.17. The Morgan fingerprint density at radius 1 is 1.09 bits per heavy atom. The third kappa shape index (κ3) is 8.56. The Morgan fingerprint density at radius 2 is 1.82 bits per heavy atom. The number of hydrogen-bond donors (Lipinski definition) is 1. The number of nitrogens with one attached hydrogen (secondary N) is 1. The van der Waals surface area contributed by atoms with Gasteiger partial charge in [-0.1, -0.05) is 37.3 Å². The van der Waals surface area contributed by atoms with E-state index in [1.807, 2.05) is 49.5 Å². The molecular weight excluding hydrogens is 531 g/mol. The van der Waals surface area contributed by atoms with E-state index in [0.717, 1.165) is 42.8 Å². The first-order chi connectivity index (χ1) is 15.7. The number of halogens is 1. The zero-order chi connectivity index (χ0) is 22.6. The maximum absolute atomic E-state index is 5.88. The minimum atomic E-state index is 0. The molecular formula is C24H33IN6O2. The molecule has 178 valence electrons. The summed E-state index contributed by atoms with van der Waals surface area (Å²) < 4.78 is 13.1. The van der Waals surface area contributed by atoms with E-state index in [1.54, 1.807) is 13.4 Å². The molecule has 0 aliphatic heterocycles. The van der Waals surface area contributed by atoms with Gasteiger partial charge in [-0.15, -0.1) is 34.2 Å². The Bertz CT molecular complexity index is 963. The zero-order valence-corrected chi connectivity index (χ0v) is 21.8. The number of aliphatic imine (C=N–C) groups is 1. The highest BCUT2D eigenvalue weighted by molar-refractivity contribution is 14.0. The van der Waals surface area contributed by atoms with Crippen LogP contribution in [-0.2, 0) is 19.5 Å². The molecule has 1 aromatic heterocycles. The molecule has 1 heterocycles. The number of benzene rings is 2. The average Bonchev–Trinajstić information content (AvgIpc) is 3.29. The number of nitrogens with zero attached hydrogens (tertiary/aromatic N) is 5. The standard InChI is InChI=1S/C24H32N6O2.HI/c1-4-23-28-27-19-30(23)15-14-25-24(26-18-20-8-6-5-7-9-20)29(2)16-17-32-22-12-10-21(31-3)11-13-22;/h5-13,19H,4,14-18H2,1-3H3,(H,25,26);1H. The molecule has 2 aromatic carbocycles. The fraction of sp³-hybridized carbons (Fsp3) is 0.375. The summed E-state index contributed by atoms with van der Waals surface area (Å²) in [5.74, 6) is 3.44. The summed E-state index contributed by atoms with van der Waals surface area (Å²) in [7, 11) is 3.67. The Hall–Kier alpha value is -2.82. The van der Waals surface area contributed by atoms with Crippen molar-refractivity contribution in [2.45, 2.75) is 26.4 Å². The van der Waals surface area contributed by atoms with Crippen molar-refractivity contribution in [3.8, 4) is 11.5 Å². The van der Waals surface area contributed by atoms with Crippen molar-refractivity contribution in [1.29, 1.82) is 0 Å². The van der Waals surface area contributed by atoms with E-state index in [2.05, 4.69) is 44.0 Å². The van der Waals surface area contributed by atoms with Crippen molar-refractivity contribution in [3.05, 3.63) is 72.3 Å². The van der Waals surface area contributed by atoms with Crippen LogP contribution in [-0.4, -0.2) is 59.5 Å². The lowest BCUT2D eigenvalue weighted by molar-refractivity contribution is 0.280. The van der Waals surface area contributed by atoms with E-state index >= 15 is 0 Å². The first kappa shape index (κ1) is 26.4. The van der Waals surface area contributed by atoms with E-state index in [1.165, 1.54) is 5.56 Å². The van der Waals surface area contributed by atoms with Crippen molar-refractivity contribution in [1.82, 2.24) is 25.0 Å². The molecule has 0 saturated heterocycles. The van der Waals surface area contributed by atoms with Crippen LogP contribution in [0.3, 0.4) is 0 Å². The van der Waals surface area contributed by atoms with Gasteiger partial charge < -0.3 is 24.3 Å². The van der Waals surface area contributed by atoms with Gasteiger partial charge in [0.1, 0.15) is 30.3 Å². The van der Waals surface area contributed by atoms with E-state index in [-0.39, 0.29) is 24.0 Å². The molecule has 0 unspecified atom stereocenters. The van der Waals surface area contributed by atoms with Crippen molar-refractivity contribution >= 4 is 29.9 Å². The lowest BCUT2D eigenvalue weighted by atomic mass is 10.2. The summed E-state index contributed by atoms with van der Waals surface area (Å²) in [6.45, 7) is 5.43. The van der Waals surface area contributed by atoms with Gasteiger partial charge in [0, 0.05) is 26.6 Å². The van der Waals surface area contributed by atoms with Crippen LogP contribution in [0, 0.1) is 0 Å². The highest BCUT2D eigenvalue weighted by Crippen LogP contribution is 2.16. The fourth-order valence-electron chi connectivity index (χ4n) is 3.17. The molecule has 0 spiro atoms. The van der Waals surface area contributed by atoms with Gasteiger partial charge in [0.05, 0.1) is 20.2 Å². The average molecular weight is 564 g/mol. The summed E-state index contributed by atoms with van der Waals surface area (Å²) >= 11 is 0. The van der Waals surface area contributed by atoms with Crippen molar-refractivity contribution < 1.29 is 9.47 Å². The molecule has 0 saturated carbocycles. The van der Waals surface area contributed by atoms with Crippen LogP contribution in [0.4, 0.5) is 0 Å². The van der Waals surface area contributed by atoms with Gasteiger partial charge in [0.25, 0.3) is 0 Å². The summed E-state index contributed by atoms with van der Waals surface area (Å²) in [4.78, 5) is 6.91. The Kier molecular flexibility index (Phi) is 11.5. The van der Waals surface area contributed by atoms with Crippen LogP contribution >= 0.6 is 24.0 Å². The van der Waals surface area contributed by atoms with Gasteiger partial charge in [-0.2, -0.15) is 0 Å². The van der Waals surface area contributed by atoms with Crippen molar-refractivity contribution in [2.24, 2.45) is 4.99 Å². The third-order valence-electron chi connectivity index (χ3n) is 5.02. The van der Waals surface area contributed by atoms with Gasteiger partial charge in [-0.3, -0.25) is 0 Å². The van der Waals surface area contributed by atoms with Gasteiger partial charge in [-0.25, -0.2) is 4.99 Å². The predicted molar refractivity (Wildman–Crippen MR) is 142 cm³/mol. The molecule has 3 rings (SSSR count). The number of aromatic nitrogens is 3. The first-order valence-electron chi connectivity index (χ1n) is 10.9. The van der Waals surface area contributed by atoms with E-state index in [0.29, 0.717) is 19.7 Å². The van der Waals surface area contributed by atoms with E-state index in [9.17, 15) is 0 Å². The molecule has 0 bridgehead atoms. The highest BCUT2D eigenvalue weighted by atomic mass is 127. The number of ether oxygens (including phenoxy) is 2. The predicted octanol–water partition coefficient (Wildman–Crippen LogP) is 3.62. The molecule has 9 heteroatoms. The molecule has 3 aromatic rings. The van der Waals surface area contributed by atoms with Gasteiger partial charge in [0.15, 0.2) is 5.96 Å². The SMILES string of the molecule is CCc1nncn1CCNC(=NCc1ccccc1)N(C)CCOc1ccc(OC)cc1.I. The van der Waals surface area contributed by atoms with Crippen molar-refractivity contribution in [3.63, 3.8) is 0 Å². The minimum absolute atomic E-state index is 0. The monoisotopic (exact) mass is 564 g/mol. The molecule has 1 N–H and O–H groups in total. The van der Waals surface area contributed by atoms with Crippen LogP contribution < -0.4 is 14.8 Å². The number of rotatable bonds is 11. The molecule has 0 amide bonds. The second-order valence-corrected chi connectivity index (χ2v) is 7.29. The molecule has 0 atom stereocenters. The Balaban J connectivity index is 0.00000385. The zero-order valence-electron chi connectivity index (χ0n) is 19.5. The second-order valence-electron chi connectivity index (χ2n) is 7.29. The summed E-state index contributed by atoms with van der Waals surface area (Å²) in [6.07, 6.45) is 2.63. The van der Waals surface area contributed by atoms with Crippen molar-refractivity contribution in [2.75, 3.05) is 33.9 Å². The Labute approximate surface area is 213 Å². The molecule has 33 heavy (non-hydrogen) atoms. The lowest BCUT2D eigenvalue weighted by Crippen LogP contribution is -2.42. The van der Waals surface area contributed by atoms with Crippen LogP contribution in [0.25, 0.3) is 0 Å².